The van der Waals surface area contributed by atoms with Gasteiger partial charge < -0.3 is 9.47 Å². The molecule has 0 amide bonds. The summed E-state index contributed by atoms with van der Waals surface area (Å²) in [6, 6.07) is 12.0. The third-order valence-corrected chi connectivity index (χ3v) is 3.61. The Balaban J connectivity index is 1.67. The molecule has 0 atom stereocenters. The summed E-state index contributed by atoms with van der Waals surface area (Å²) in [5.74, 6) is 1.97. The largest absolute Gasteiger partial charge is 0.488 e. The third kappa shape index (κ3) is 3.73. The lowest BCUT2D eigenvalue weighted by Crippen LogP contribution is -2.04. The van der Waals surface area contributed by atoms with Gasteiger partial charge in [0.05, 0.1) is 6.61 Å². The molecule has 1 aromatic heterocycles. The molecule has 1 aliphatic rings. The molecule has 0 spiro atoms. The van der Waals surface area contributed by atoms with Crippen LogP contribution in [0.25, 0.3) is 0 Å². The molecule has 20 heavy (non-hydrogen) atoms. The molecule has 0 N–H and O–H groups in total. The normalized spacial score (nSPS) is 14.1. The SMILES string of the molecule is Brc1cnc(OCc2ccccc2)c(OCC2CC2)c1. The smallest absolute Gasteiger partial charge is 0.257 e. The van der Waals surface area contributed by atoms with Crippen molar-refractivity contribution in [3.05, 3.63) is 52.6 Å². The Morgan fingerprint density at radius 3 is 2.70 bits per heavy atom. The summed E-state index contributed by atoms with van der Waals surface area (Å²) in [6.45, 7) is 1.25. The molecule has 1 fully saturated rings. The fourth-order valence-corrected chi connectivity index (χ4v) is 2.15. The second-order valence-electron chi connectivity index (χ2n) is 4.99. The minimum absolute atomic E-state index is 0.495. The van der Waals surface area contributed by atoms with E-state index < -0.39 is 0 Å². The maximum atomic E-state index is 5.81. The maximum absolute atomic E-state index is 5.81. The van der Waals surface area contributed by atoms with E-state index in [4.69, 9.17) is 9.47 Å². The Hall–Kier alpha value is -1.55. The van der Waals surface area contributed by atoms with Crippen LogP contribution in [0.2, 0.25) is 0 Å². The first kappa shape index (κ1) is 13.4. The van der Waals surface area contributed by atoms with E-state index in [0.29, 0.717) is 24.2 Å². The molecule has 0 radical (unpaired) electrons. The lowest BCUT2D eigenvalue weighted by molar-refractivity contribution is 0.246. The molecule has 1 aliphatic carbocycles. The average Bonchev–Trinajstić information content (AvgIpc) is 3.29. The van der Waals surface area contributed by atoms with Crippen molar-refractivity contribution in [3.63, 3.8) is 0 Å². The highest BCUT2D eigenvalue weighted by Gasteiger charge is 2.22. The highest BCUT2D eigenvalue weighted by Crippen LogP contribution is 2.33. The maximum Gasteiger partial charge on any atom is 0.257 e. The van der Waals surface area contributed by atoms with Gasteiger partial charge in [-0.3, -0.25) is 0 Å². The van der Waals surface area contributed by atoms with E-state index >= 15 is 0 Å². The van der Waals surface area contributed by atoms with Gasteiger partial charge in [0, 0.05) is 16.7 Å². The van der Waals surface area contributed by atoms with Gasteiger partial charge in [0.2, 0.25) is 0 Å². The first-order valence-electron chi connectivity index (χ1n) is 6.76. The van der Waals surface area contributed by atoms with Crippen LogP contribution in [-0.4, -0.2) is 11.6 Å². The number of halogens is 1. The monoisotopic (exact) mass is 333 g/mol. The Morgan fingerprint density at radius 2 is 1.95 bits per heavy atom. The van der Waals surface area contributed by atoms with Crippen LogP contribution in [0.1, 0.15) is 18.4 Å². The summed E-state index contributed by atoms with van der Waals surface area (Å²) in [6.07, 6.45) is 4.26. The minimum Gasteiger partial charge on any atom is -0.488 e. The molecule has 0 unspecified atom stereocenters. The molecule has 1 saturated carbocycles. The van der Waals surface area contributed by atoms with Crippen LogP contribution < -0.4 is 9.47 Å². The molecule has 1 aromatic carbocycles. The zero-order valence-corrected chi connectivity index (χ0v) is 12.7. The van der Waals surface area contributed by atoms with Crippen molar-refractivity contribution in [3.8, 4) is 11.6 Å². The van der Waals surface area contributed by atoms with E-state index in [1.165, 1.54) is 12.8 Å². The number of nitrogens with zero attached hydrogens (tertiary/aromatic N) is 1. The van der Waals surface area contributed by atoms with Gasteiger partial charge in [-0.15, -0.1) is 0 Å². The Bertz CT molecular complexity index is 570. The van der Waals surface area contributed by atoms with Crippen LogP contribution in [0.3, 0.4) is 0 Å². The molecule has 1 heterocycles. The fourth-order valence-electron chi connectivity index (χ4n) is 1.84. The number of rotatable bonds is 6. The van der Waals surface area contributed by atoms with Gasteiger partial charge in [-0.05, 0) is 40.3 Å². The first-order valence-corrected chi connectivity index (χ1v) is 7.55. The van der Waals surface area contributed by atoms with Crippen molar-refractivity contribution in [2.24, 2.45) is 5.92 Å². The highest BCUT2D eigenvalue weighted by atomic mass is 79.9. The van der Waals surface area contributed by atoms with Gasteiger partial charge in [0.25, 0.3) is 5.88 Å². The van der Waals surface area contributed by atoms with E-state index in [9.17, 15) is 0 Å². The zero-order chi connectivity index (χ0) is 13.8. The third-order valence-electron chi connectivity index (χ3n) is 3.17. The molecule has 0 saturated heterocycles. The van der Waals surface area contributed by atoms with E-state index in [2.05, 4.69) is 20.9 Å². The number of ether oxygens (including phenoxy) is 2. The van der Waals surface area contributed by atoms with Crippen LogP contribution in [0.15, 0.2) is 47.1 Å². The molecule has 104 valence electrons. The predicted molar refractivity (Wildman–Crippen MR) is 80.9 cm³/mol. The van der Waals surface area contributed by atoms with Gasteiger partial charge in [0.1, 0.15) is 6.61 Å². The van der Waals surface area contributed by atoms with Crippen molar-refractivity contribution in [1.82, 2.24) is 4.98 Å². The van der Waals surface area contributed by atoms with Crippen LogP contribution in [-0.2, 0) is 6.61 Å². The van der Waals surface area contributed by atoms with Gasteiger partial charge in [-0.25, -0.2) is 4.98 Å². The quantitative estimate of drug-likeness (QED) is 0.793. The topological polar surface area (TPSA) is 31.4 Å². The molecule has 3 nitrogen and oxygen atoms in total. The number of hydrogen-bond acceptors (Lipinski definition) is 3. The molecule has 0 bridgehead atoms. The highest BCUT2D eigenvalue weighted by molar-refractivity contribution is 9.10. The standard InChI is InChI=1S/C16H16BrNO2/c17-14-8-15(19-10-13-6-7-13)16(18-9-14)20-11-12-4-2-1-3-5-12/h1-5,8-9,13H,6-7,10-11H2. The van der Waals surface area contributed by atoms with E-state index in [0.717, 1.165) is 16.6 Å². The molecule has 0 aliphatic heterocycles. The molecular weight excluding hydrogens is 318 g/mol. The lowest BCUT2D eigenvalue weighted by atomic mass is 10.2. The summed E-state index contributed by atoms with van der Waals surface area (Å²) < 4.78 is 12.5. The number of aromatic nitrogens is 1. The molecule has 3 rings (SSSR count). The Morgan fingerprint density at radius 1 is 1.15 bits per heavy atom. The van der Waals surface area contributed by atoms with Crippen LogP contribution >= 0.6 is 15.9 Å². The number of pyridine rings is 1. The first-order chi connectivity index (χ1) is 9.81. The average molecular weight is 334 g/mol. The van der Waals surface area contributed by atoms with Crippen molar-refractivity contribution < 1.29 is 9.47 Å². The summed E-state index contributed by atoms with van der Waals surface area (Å²) in [5.41, 5.74) is 1.12. The van der Waals surface area contributed by atoms with Gasteiger partial charge in [-0.2, -0.15) is 0 Å². The number of hydrogen-bond donors (Lipinski definition) is 0. The number of benzene rings is 1. The zero-order valence-electron chi connectivity index (χ0n) is 11.1. The van der Waals surface area contributed by atoms with Crippen LogP contribution in [0.4, 0.5) is 0 Å². The summed E-state index contributed by atoms with van der Waals surface area (Å²) in [7, 11) is 0. The summed E-state index contributed by atoms with van der Waals surface area (Å²) >= 11 is 3.42. The van der Waals surface area contributed by atoms with E-state index in [1.807, 2.05) is 36.4 Å². The Labute approximate surface area is 127 Å². The van der Waals surface area contributed by atoms with Crippen LogP contribution in [0.5, 0.6) is 11.6 Å². The fraction of sp³-hybridized carbons (Fsp3) is 0.312. The van der Waals surface area contributed by atoms with Crippen molar-refractivity contribution >= 4 is 15.9 Å². The van der Waals surface area contributed by atoms with E-state index in [-0.39, 0.29) is 0 Å². The molecule has 4 heteroatoms. The second-order valence-corrected chi connectivity index (χ2v) is 5.90. The summed E-state index contributed by atoms with van der Waals surface area (Å²) in [5, 5.41) is 0. The Kier molecular flexibility index (Phi) is 4.21. The second kappa shape index (κ2) is 6.27. The summed E-state index contributed by atoms with van der Waals surface area (Å²) in [4.78, 5) is 4.30. The van der Waals surface area contributed by atoms with Gasteiger partial charge in [-0.1, -0.05) is 30.3 Å². The lowest BCUT2D eigenvalue weighted by Gasteiger charge is -2.12. The minimum atomic E-state index is 0.495. The van der Waals surface area contributed by atoms with Gasteiger partial charge >= 0.3 is 0 Å². The van der Waals surface area contributed by atoms with Crippen molar-refractivity contribution in [2.75, 3.05) is 6.61 Å². The van der Waals surface area contributed by atoms with Crippen molar-refractivity contribution in [2.45, 2.75) is 19.4 Å². The molecular formula is C16H16BrNO2. The van der Waals surface area contributed by atoms with Crippen molar-refractivity contribution in [1.29, 1.82) is 0 Å². The van der Waals surface area contributed by atoms with Crippen LogP contribution in [0, 0.1) is 5.92 Å². The van der Waals surface area contributed by atoms with E-state index in [1.54, 1.807) is 6.20 Å². The predicted octanol–water partition coefficient (Wildman–Crippen LogP) is 4.21. The molecule has 2 aromatic rings. The van der Waals surface area contributed by atoms with Gasteiger partial charge in [0.15, 0.2) is 5.75 Å².